The molecule has 1 heterocycles. The van der Waals surface area contributed by atoms with Gasteiger partial charge in [-0.25, -0.2) is 18.3 Å². The number of piperidine rings is 1. The van der Waals surface area contributed by atoms with E-state index in [9.17, 15) is 18.3 Å². The zero-order chi connectivity index (χ0) is 29.9. The van der Waals surface area contributed by atoms with Crippen LogP contribution >= 0.6 is 15.6 Å². The first-order valence-electron chi connectivity index (χ1n) is 12.6. The largest absolute Gasteiger partial charge is 0.493 e. The smallest absolute Gasteiger partial charge is 0.478 e. The summed E-state index contributed by atoms with van der Waals surface area (Å²) in [4.78, 5) is 48.3. The highest BCUT2D eigenvalue weighted by Crippen LogP contribution is 2.53. The number of likely N-dealkylation sites (tertiary alicyclic amines) is 1. The average Bonchev–Trinajstić information content (AvgIpc) is 2.85. The summed E-state index contributed by atoms with van der Waals surface area (Å²) in [5.74, 6) is 1.05. The molecule has 1 aliphatic rings. The van der Waals surface area contributed by atoms with Gasteiger partial charge in [-0.05, 0) is 74.3 Å². The van der Waals surface area contributed by atoms with E-state index in [-0.39, 0.29) is 17.9 Å². The van der Waals surface area contributed by atoms with Crippen molar-refractivity contribution in [2.45, 2.75) is 45.8 Å². The molecule has 0 atom stereocenters. The van der Waals surface area contributed by atoms with E-state index in [1.807, 2.05) is 29.2 Å². The summed E-state index contributed by atoms with van der Waals surface area (Å²) in [6.45, 7) is 7.78. The highest BCUT2D eigenvalue weighted by atomic mass is 31.3. The maximum absolute atomic E-state index is 13.3. The van der Waals surface area contributed by atoms with Crippen LogP contribution in [0.4, 0.5) is 9.18 Å². The molecule has 0 aromatic heterocycles. The third-order valence-electron chi connectivity index (χ3n) is 5.82. The number of phosphoric acid groups is 2. The van der Waals surface area contributed by atoms with Crippen molar-refractivity contribution in [3.05, 3.63) is 65.5 Å². The van der Waals surface area contributed by atoms with Crippen molar-refractivity contribution in [2.75, 3.05) is 26.7 Å². The number of carbonyl (C=O) groups is 1. The topological polar surface area (TPSA) is 169 Å². The third-order valence-corrected chi connectivity index (χ3v) is 7.52. The van der Waals surface area contributed by atoms with E-state index in [4.69, 9.17) is 24.3 Å². The van der Waals surface area contributed by atoms with Crippen LogP contribution in [0.5, 0.6) is 5.75 Å². The van der Waals surface area contributed by atoms with Crippen molar-refractivity contribution >= 4 is 21.7 Å². The number of carbonyl (C=O) groups excluding carboxylic acids is 1. The lowest BCUT2D eigenvalue weighted by Crippen LogP contribution is -2.49. The van der Waals surface area contributed by atoms with Crippen molar-refractivity contribution in [3.8, 4) is 5.75 Å². The van der Waals surface area contributed by atoms with Gasteiger partial charge in [-0.1, -0.05) is 38.1 Å². The fourth-order valence-corrected chi connectivity index (χ4v) is 4.95. The first-order chi connectivity index (χ1) is 18.6. The molecule has 2 aromatic carbocycles. The third kappa shape index (κ3) is 13.8. The molecule has 1 fully saturated rings. The Kier molecular flexibility index (Phi) is 13.2. The first-order valence-corrected chi connectivity index (χ1v) is 15.7. The van der Waals surface area contributed by atoms with Crippen LogP contribution in [-0.2, 0) is 26.5 Å². The van der Waals surface area contributed by atoms with Crippen LogP contribution in [0.2, 0.25) is 0 Å². The molecule has 15 heteroatoms. The minimum absolute atomic E-state index is 0.0842. The summed E-state index contributed by atoms with van der Waals surface area (Å²) in [6.07, 6.45) is 1.88. The van der Waals surface area contributed by atoms with Crippen LogP contribution in [0.15, 0.2) is 48.5 Å². The van der Waals surface area contributed by atoms with Gasteiger partial charge >= 0.3 is 21.7 Å². The van der Waals surface area contributed by atoms with Crippen molar-refractivity contribution in [3.63, 3.8) is 0 Å². The van der Waals surface area contributed by atoms with Crippen LogP contribution < -0.4 is 10.1 Å². The Bertz CT molecular complexity index is 1130. The van der Waals surface area contributed by atoms with Gasteiger partial charge in [0.2, 0.25) is 0 Å². The molecule has 0 radical (unpaired) electrons. The summed E-state index contributed by atoms with van der Waals surface area (Å²) < 4.78 is 41.2. The summed E-state index contributed by atoms with van der Waals surface area (Å²) >= 11 is 0. The summed E-state index contributed by atoms with van der Waals surface area (Å²) in [5, 5.41) is 3.07. The van der Waals surface area contributed by atoms with E-state index in [1.165, 1.54) is 12.1 Å². The Hall–Kier alpha value is -2.34. The predicted octanol–water partition coefficient (Wildman–Crippen LogP) is 3.85. The zero-order valence-electron chi connectivity index (χ0n) is 22.7. The molecule has 3 rings (SSSR count). The van der Waals surface area contributed by atoms with Crippen LogP contribution in [0, 0.1) is 11.7 Å². The minimum Gasteiger partial charge on any atom is -0.493 e. The molecule has 12 nitrogen and oxygen atoms in total. The SMILES string of the molecule is CC(C)COc1ccc(CNC(=O)N(Cc2ccc(F)cc2)C2CCN(C)CC2)cc1.O=P(O)(O)OP(=O)(O)O. The van der Waals surface area contributed by atoms with E-state index in [0.29, 0.717) is 25.6 Å². The molecule has 0 spiro atoms. The maximum atomic E-state index is 13.3. The molecule has 0 unspecified atom stereocenters. The standard InChI is InChI=1S/C25H34FN3O2.H4O7P2/c1-19(2)18-31-24-10-6-20(7-11-24)16-27-25(30)29(23-12-14-28(3)15-13-23)17-21-4-8-22(26)9-5-21;1-8(2,3)7-9(4,5)6/h4-11,19,23H,12-18H2,1-3H3,(H,27,30);(H2,1,2,3)(H2,4,5,6). The van der Waals surface area contributed by atoms with Gasteiger partial charge in [0.1, 0.15) is 11.6 Å². The number of urea groups is 1. The number of hydrogen-bond donors (Lipinski definition) is 5. The molecule has 2 amide bonds. The van der Waals surface area contributed by atoms with Crippen molar-refractivity contribution in [1.82, 2.24) is 15.1 Å². The van der Waals surface area contributed by atoms with Crippen molar-refractivity contribution in [2.24, 2.45) is 5.92 Å². The van der Waals surface area contributed by atoms with Crippen molar-refractivity contribution < 1.29 is 46.9 Å². The number of amides is 2. The normalized spacial score (nSPS) is 14.8. The Labute approximate surface area is 233 Å². The second kappa shape index (κ2) is 15.6. The Morgan fingerprint density at radius 2 is 1.52 bits per heavy atom. The van der Waals surface area contributed by atoms with Gasteiger partial charge in [0.15, 0.2) is 0 Å². The lowest BCUT2D eigenvalue weighted by atomic mass is 10.0. The zero-order valence-corrected chi connectivity index (χ0v) is 24.5. The van der Waals surface area contributed by atoms with Gasteiger partial charge in [-0.3, -0.25) is 0 Å². The quantitative estimate of drug-likeness (QED) is 0.251. The number of rotatable bonds is 10. The number of hydrogen-bond acceptors (Lipinski definition) is 6. The van der Waals surface area contributed by atoms with Crippen LogP contribution in [-0.4, -0.2) is 68.2 Å². The van der Waals surface area contributed by atoms with Gasteiger partial charge < -0.3 is 39.4 Å². The van der Waals surface area contributed by atoms with Crippen LogP contribution in [0.1, 0.15) is 37.8 Å². The van der Waals surface area contributed by atoms with E-state index < -0.39 is 15.6 Å². The van der Waals surface area contributed by atoms with E-state index >= 15 is 0 Å². The average molecular weight is 606 g/mol. The fourth-order valence-electron chi connectivity index (χ4n) is 3.84. The summed E-state index contributed by atoms with van der Waals surface area (Å²) in [6, 6.07) is 14.3. The molecular weight excluding hydrogens is 567 g/mol. The van der Waals surface area contributed by atoms with Crippen LogP contribution in [0.25, 0.3) is 0 Å². The monoisotopic (exact) mass is 605 g/mol. The summed E-state index contributed by atoms with van der Waals surface area (Å²) in [5.41, 5.74) is 1.96. The Morgan fingerprint density at radius 1 is 1.00 bits per heavy atom. The lowest BCUT2D eigenvalue weighted by molar-refractivity contribution is 0.127. The van der Waals surface area contributed by atoms with E-state index in [1.54, 1.807) is 12.1 Å². The van der Waals surface area contributed by atoms with Crippen molar-refractivity contribution in [1.29, 1.82) is 0 Å². The predicted molar refractivity (Wildman–Crippen MR) is 147 cm³/mol. The second-order valence-corrected chi connectivity index (χ2v) is 12.5. The number of ether oxygens (including phenoxy) is 1. The Morgan fingerprint density at radius 3 is 2.00 bits per heavy atom. The van der Waals surface area contributed by atoms with E-state index in [0.717, 1.165) is 42.8 Å². The number of nitrogens with one attached hydrogen (secondary N) is 1. The Balaban J connectivity index is 0.000000536. The maximum Gasteiger partial charge on any atom is 0.478 e. The number of benzene rings is 2. The molecule has 1 saturated heterocycles. The lowest BCUT2D eigenvalue weighted by Gasteiger charge is -2.37. The summed E-state index contributed by atoms with van der Waals surface area (Å²) in [7, 11) is -7.99. The molecule has 224 valence electrons. The molecule has 1 aliphatic heterocycles. The molecule has 0 aliphatic carbocycles. The molecule has 2 aromatic rings. The van der Waals surface area contributed by atoms with Gasteiger partial charge in [-0.15, -0.1) is 0 Å². The minimum atomic E-state index is -5.05. The highest BCUT2D eigenvalue weighted by Gasteiger charge is 2.28. The number of nitrogens with zero attached hydrogens (tertiary/aromatic N) is 2. The van der Waals surface area contributed by atoms with Crippen LogP contribution in [0.3, 0.4) is 0 Å². The number of halogens is 1. The molecule has 5 N–H and O–H groups in total. The van der Waals surface area contributed by atoms with Gasteiger partial charge in [-0.2, -0.15) is 4.31 Å². The van der Waals surface area contributed by atoms with Gasteiger partial charge in [0, 0.05) is 19.1 Å². The van der Waals surface area contributed by atoms with Gasteiger partial charge in [0.05, 0.1) is 6.61 Å². The van der Waals surface area contributed by atoms with E-state index in [2.05, 4.69) is 35.4 Å². The molecule has 40 heavy (non-hydrogen) atoms. The van der Waals surface area contributed by atoms with Gasteiger partial charge in [0.25, 0.3) is 0 Å². The highest BCUT2D eigenvalue weighted by molar-refractivity contribution is 7.60. The fraction of sp³-hybridized carbons (Fsp3) is 0.480. The molecule has 0 bridgehead atoms. The molecule has 0 saturated carbocycles. The second-order valence-electron chi connectivity index (χ2n) is 9.86. The first kappa shape index (κ1) is 33.9. The molecular formula is C25H38FN3O9P2.